The normalized spacial score (nSPS) is 21.4. The molecule has 1 fully saturated rings. The molecule has 6 heteroatoms. The average molecular weight is 311 g/mol. The molecule has 1 aromatic rings. The van der Waals surface area contributed by atoms with Gasteiger partial charge in [-0.05, 0) is 43.9 Å². The van der Waals surface area contributed by atoms with E-state index >= 15 is 0 Å². The lowest BCUT2D eigenvalue weighted by Crippen LogP contribution is -2.54. The molecule has 2 amide bonds. The number of benzene rings is 1. The summed E-state index contributed by atoms with van der Waals surface area (Å²) in [6, 6.07) is 4.91. The summed E-state index contributed by atoms with van der Waals surface area (Å²) in [4.78, 5) is 25.5. The highest BCUT2D eigenvalue weighted by atomic mass is 35.5. The molecule has 2 rings (SSSR count). The Bertz CT molecular complexity index is 576. The fourth-order valence-electron chi connectivity index (χ4n) is 2.83. The number of carbonyl (C=O) groups is 2. The Labute approximate surface area is 128 Å². The molecule has 21 heavy (non-hydrogen) atoms. The lowest BCUT2D eigenvalue weighted by Gasteiger charge is -2.33. The standard InChI is InChI=1S/C15H19ClN2O3/c1-3-15(13(19)20)7-4-8-18(15)14(21)17-12-9-10(2)5-6-11(12)16/h5-6,9H,3-4,7-8H2,1-2H3,(H,17,21)(H,19,20). The van der Waals surface area contributed by atoms with Crippen LogP contribution >= 0.6 is 11.6 Å². The number of urea groups is 1. The fourth-order valence-corrected chi connectivity index (χ4v) is 3.00. The number of nitrogens with one attached hydrogen (secondary N) is 1. The predicted molar refractivity (Wildman–Crippen MR) is 81.8 cm³/mol. The SMILES string of the molecule is CCC1(C(=O)O)CCCN1C(=O)Nc1cc(C)ccc1Cl. The zero-order chi connectivity index (χ0) is 15.6. The van der Waals surface area contributed by atoms with E-state index in [1.54, 1.807) is 19.1 Å². The van der Waals surface area contributed by atoms with Crippen molar-refractivity contribution < 1.29 is 14.7 Å². The molecule has 1 aromatic carbocycles. The van der Waals surface area contributed by atoms with Gasteiger partial charge in [-0.3, -0.25) is 0 Å². The van der Waals surface area contributed by atoms with Crippen LogP contribution < -0.4 is 5.32 Å². The first-order valence-electron chi connectivity index (χ1n) is 6.99. The number of carboxylic acids is 1. The summed E-state index contributed by atoms with van der Waals surface area (Å²) in [5, 5.41) is 12.7. The van der Waals surface area contributed by atoms with Crippen molar-refractivity contribution in [1.82, 2.24) is 4.90 Å². The van der Waals surface area contributed by atoms with Gasteiger partial charge in [0.2, 0.25) is 0 Å². The van der Waals surface area contributed by atoms with E-state index in [4.69, 9.17) is 11.6 Å². The molecule has 1 aliphatic rings. The molecular formula is C15H19ClN2O3. The van der Waals surface area contributed by atoms with Gasteiger partial charge in [0.1, 0.15) is 5.54 Å². The number of carboxylic acid groups (broad SMARTS) is 1. The maximum Gasteiger partial charge on any atom is 0.329 e. The highest BCUT2D eigenvalue weighted by molar-refractivity contribution is 6.33. The van der Waals surface area contributed by atoms with Crippen molar-refractivity contribution in [2.24, 2.45) is 0 Å². The first kappa shape index (κ1) is 15.6. The van der Waals surface area contributed by atoms with Crippen molar-refractivity contribution >= 4 is 29.3 Å². The topological polar surface area (TPSA) is 69.6 Å². The molecule has 2 N–H and O–H groups in total. The van der Waals surface area contributed by atoms with E-state index in [1.807, 2.05) is 13.0 Å². The zero-order valence-electron chi connectivity index (χ0n) is 12.1. The largest absolute Gasteiger partial charge is 0.479 e. The minimum absolute atomic E-state index is 0.386. The van der Waals surface area contributed by atoms with Crippen LogP contribution in [0.25, 0.3) is 0 Å². The van der Waals surface area contributed by atoms with Crippen molar-refractivity contribution in [2.45, 2.75) is 38.6 Å². The third-order valence-corrected chi connectivity index (χ3v) is 4.41. The lowest BCUT2D eigenvalue weighted by atomic mass is 9.93. The van der Waals surface area contributed by atoms with Gasteiger partial charge >= 0.3 is 12.0 Å². The molecule has 5 nitrogen and oxygen atoms in total. The predicted octanol–water partition coefficient (Wildman–Crippen LogP) is 3.51. The van der Waals surface area contributed by atoms with E-state index in [9.17, 15) is 14.7 Å². The number of hydrogen-bond acceptors (Lipinski definition) is 2. The number of rotatable bonds is 3. The maximum absolute atomic E-state index is 12.5. The van der Waals surface area contributed by atoms with Gasteiger partial charge in [-0.15, -0.1) is 0 Å². The van der Waals surface area contributed by atoms with Gasteiger partial charge in [-0.2, -0.15) is 0 Å². The van der Waals surface area contributed by atoms with E-state index in [1.165, 1.54) is 4.90 Å². The summed E-state index contributed by atoms with van der Waals surface area (Å²) < 4.78 is 0. The van der Waals surface area contributed by atoms with Crippen LogP contribution in [-0.2, 0) is 4.79 Å². The second-order valence-electron chi connectivity index (χ2n) is 5.36. The Morgan fingerprint density at radius 1 is 1.48 bits per heavy atom. The van der Waals surface area contributed by atoms with Crippen LogP contribution in [-0.4, -0.2) is 34.1 Å². The Kier molecular flexibility index (Phi) is 4.42. The molecule has 1 aliphatic heterocycles. The molecular weight excluding hydrogens is 292 g/mol. The molecule has 0 bridgehead atoms. The molecule has 1 atom stereocenters. The molecule has 0 spiro atoms. The number of nitrogens with zero attached hydrogens (tertiary/aromatic N) is 1. The van der Waals surface area contributed by atoms with Crippen LogP contribution in [0.15, 0.2) is 18.2 Å². The van der Waals surface area contributed by atoms with Crippen LogP contribution in [0.2, 0.25) is 5.02 Å². The van der Waals surface area contributed by atoms with Gasteiger partial charge in [0.15, 0.2) is 0 Å². The first-order chi connectivity index (χ1) is 9.90. The molecule has 0 aliphatic carbocycles. The van der Waals surface area contributed by atoms with Gasteiger partial charge in [-0.25, -0.2) is 9.59 Å². The minimum atomic E-state index is -1.11. The van der Waals surface area contributed by atoms with Crippen LogP contribution in [0.4, 0.5) is 10.5 Å². The summed E-state index contributed by atoms with van der Waals surface area (Å²) in [7, 11) is 0. The number of carbonyl (C=O) groups excluding carboxylic acids is 1. The molecule has 0 saturated carbocycles. The fraction of sp³-hybridized carbons (Fsp3) is 0.467. The van der Waals surface area contributed by atoms with Gasteiger partial charge in [0.05, 0.1) is 10.7 Å². The van der Waals surface area contributed by atoms with Crippen molar-refractivity contribution in [2.75, 3.05) is 11.9 Å². The van der Waals surface area contributed by atoms with Crippen LogP contribution in [0.1, 0.15) is 31.7 Å². The second kappa shape index (κ2) is 5.93. The molecule has 114 valence electrons. The highest BCUT2D eigenvalue weighted by Gasteiger charge is 2.48. The van der Waals surface area contributed by atoms with Crippen molar-refractivity contribution in [3.8, 4) is 0 Å². The van der Waals surface area contributed by atoms with Crippen molar-refractivity contribution in [3.05, 3.63) is 28.8 Å². The molecule has 0 aromatic heterocycles. The van der Waals surface area contributed by atoms with E-state index in [2.05, 4.69) is 5.32 Å². The zero-order valence-corrected chi connectivity index (χ0v) is 12.9. The number of likely N-dealkylation sites (tertiary alicyclic amines) is 1. The average Bonchev–Trinajstić information content (AvgIpc) is 2.88. The summed E-state index contributed by atoms with van der Waals surface area (Å²) >= 11 is 6.06. The molecule has 1 saturated heterocycles. The number of amides is 2. The Hall–Kier alpha value is -1.75. The van der Waals surface area contributed by atoms with E-state index in [0.29, 0.717) is 36.5 Å². The smallest absolute Gasteiger partial charge is 0.329 e. The first-order valence-corrected chi connectivity index (χ1v) is 7.36. The summed E-state index contributed by atoms with van der Waals surface area (Å²) in [5.74, 6) is -0.951. The number of aliphatic carboxylic acids is 1. The number of halogens is 1. The number of anilines is 1. The molecule has 1 unspecified atom stereocenters. The van der Waals surface area contributed by atoms with Crippen molar-refractivity contribution in [3.63, 3.8) is 0 Å². The Morgan fingerprint density at radius 3 is 2.81 bits per heavy atom. The third kappa shape index (κ3) is 2.83. The van der Waals surface area contributed by atoms with E-state index in [0.717, 1.165) is 5.56 Å². The van der Waals surface area contributed by atoms with E-state index < -0.39 is 17.5 Å². The van der Waals surface area contributed by atoms with Crippen molar-refractivity contribution in [1.29, 1.82) is 0 Å². The van der Waals surface area contributed by atoms with E-state index in [-0.39, 0.29) is 0 Å². The molecule has 1 heterocycles. The Balaban J connectivity index is 2.23. The monoisotopic (exact) mass is 310 g/mol. The van der Waals surface area contributed by atoms with Gasteiger partial charge in [-0.1, -0.05) is 24.6 Å². The summed E-state index contributed by atoms with van der Waals surface area (Å²) in [5.41, 5.74) is 0.362. The maximum atomic E-state index is 12.5. The third-order valence-electron chi connectivity index (χ3n) is 4.08. The van der Waals surface area contributed by atoms with Crippen LogP contribution in [0, 0.1) is 6.92 Å². The molecule has 0 radical (unpaired) electrons. The van der Waals surface area contributed by atoms with Gasteiger partial charge < -0.3 is 15.3 Å². The van der Waals surface area contributed by atoms with Gasteiger partial charge in [0, 0.05) is 6.54 Å². The Morgan fingerprint density at radius 2 is 2.19 bits per heavy atom. The summed E-state index contributed by atoms with van der Waals surface area (Å²) in [6.45, 7) is 4.13. The number of aryl methyl sites for hydroxylation is 1. The van der Waals surface area contributed by atoms with Crippen LogP contribution in [0.3, 0.4) is 0 Å². The summed E-state index contributed by atoms with van der Waals surface area (Å²) in [6.07, 6.45) is 1.56. The number of hydrogen-bond donors (Lipinski definition) is 2. The van der Waals surface area contributed by atoms with Gasteiger partial charge in [0.25, 0.3) is 0 Å². The lowest BCUT2D eigenvalue weighted by molar-refractivity contribution is -0.148. The van der Waals surface area contributed by atoms with Crippen LogP contribution in [0.5, 0.6) is 0 Å². The second-order valence-corrected chi connectivity index (χ2v) is 5.77. The highest BCUT2D eigenvalue weighted by Crippen LogP contribution is 2.34. The quantitative estimate of drug-likeness (QED) is 0.897. The minimum Gasteiger partial charge on any atom is -0.479 e.